The number of nitro groups is 1. The minimum Gasteiger partial charge on any atom is -0.402 e. The number of esters is 1. The molecular formula is C22H14N2O4. The lowest BCUT2D eigenvalue weighted by molar-refractivity contribution is -0.384. The molecule has 0 spiro atoms. The zero-order chi connectivity index (χ0) is 19.3. The van der Waals surface area contributed by atoms with Gasteiger partial charge >= 0.3 is 5.97 Å². The number of benzene rings is 3. The number of non-ortho nitro benzene ring substituents is 1. The molecule has 0 saturated carbocycles. The maximum absolute atomic E-state index is 12.3. The van der Waals surface area contributed by atoms with Crippen LogP contribution >= 0.6 is 0 Å². The highest BCUT2D eigenvalue weighted by molar-refractivity contribution is 6.13. The molecule has 0 atom stereocenters. The zero-order valence-corrected chi connectivity index (χ0v) is 14.7. The van der Waals surface area contributed by atoms with E-state index >= 15 is 0 Å². The third-order valence-electron chi connectivity index (χ3n) is 5.16. The summed E-state index contributed by atoms with van der Waals surface area (Å²) in [6.45, 7) is 0. The van der Waals surface area contributed by atoms with Crippen molar-refractivity contribution in [1.29, 1.82) is 0 Å². The van der Waals surface area contributed by atoms with Crippen molar-refractivity contribution >= 4 is 34.4 Å². The Labute approximate surface area is 159 Å². The van der Waals surface area contributed by atoms with Gasteiger partial charge in [0.2, 0.25) is 5.90 Å². The fourth-order valence-corrected chi connectivity index (χ4v) is 3.83. The van der Waals surface area contributed by atoms with E-state index in [4.69, 9.17) is 4.74 Å². The van der Waals surface area contributed by atoms with E-state index in [1.54, 1.807) is 6.08 Å². The van der Waals surface area contributed by atoms with E-state index in [0.29, 0.717) is 5.56 Å². The van der Waals surface area contributed by atoms with Gasteiger partial charge in [-0.3, -0.25) is 10.1 Å². The molecule has 0 aromatic heterocycles. The van der Waals surface area contributed by atoms with Crippen molar-refractivity contribution in [3.8, 4) is 0 Å². The molecule has 1 heterocycles. The summed E-state index contributed by atoms with van der Waals surface area (Å²) in [4.78, 5) is 26.9. The number of nitrogens with zero attached hydrogens (tertiary/aromatic N) is 2. The SMILES string of the molecule is O=C1OC(c2ccc([N+](=O)[O-])cc2)=N/C1=C\c1ccc2cccc3c2c1CC3. The average Bonchev–Trinajstić information content (AvgIpc) is 3.30. The molecule has 6 heteroatoms. The molecule has 136 valence electrons. The van der Waals surface area contributed by atoms with Crippen molar-refractivity contribution in [2.24, 2.45) is 4.99 Å². The molecule has 1 aliphatic carbocycles. The second kappa shape index (κ2) is 6.13. The van der Waals surface area contributed by atoms with Gasteiger partial charge in [-0.25, -0.2) is 9.79 Å². The van der Waals surface area contributed by atoms with Crippen LogP contribution in [0.4, 0.5) is 5.69 Å². The van der Waals surface area contributed by atoms with E-state index in [-0.39, 0.29) is 17.3 Å². The maximum Gasteiger partial charge on any atom is 0.363 e. The van der Waals surface area contributed by atoms with Gasteiger partial charge in [0, 0.05) is 17.7 Å². The topological polar surface area (TPSA) is 81.8 Å². The zero-order valence-electron chi connectivity index (χ0n) is 14.7. The lowest BCUT2D eigenvalue weighted by atomic mass is 9.99. The van der Waals surface area contributed by atoms with E-state index in [1.165, 1.54) is 46.2 Å². The molecule has 0 N–H and O–H groups in total. The standard InChI is InChI=1S/C22H14N2O4/c25-22-19(23-21(28-22)15-6-9-17(10-7-15)24(26)27)12-16-5-4-13-2-1-3-14-8-11-18(16)20(13)14/h1-7,9-10,12H,8,11H2/b19-12-. The Kier molecular flexibility index (Phi) is 3.58. The van der Waals surface area contributed by atoms with E-state index in [0.717, 1.165) is 18.4 Å². The van der Waals surface area contributed by atoms with Crippen LogP contribution in [0.15, 0.2) is 65.3 Å². The first-order valence-electron chi connectivity index (χ1n) is 8.91. The van der Waals surface area contributed by atoms with Gasteiger partial charge in [0.05, 0.1) is 4.92 Å². The summed E-state index contributed by atoms with van der Waals surface area (Å²) in [5.41, 5.74) is 4.25. The number of hydrogen-bond donors (Lipinski definition) is 0. The van der Waals surface area contributed by atoms with Crippen LogP contribution in [0.1, 0.15) is 22.3 Å². The van der Waals surface area contributed by atoms with Gasteiger partial charge in [0.1, 0.15) is 0 Å². The molecule has 5 rings (SSSR count). The third-order valence-corrected chi connectivity index (χ3v) is 5.16. The number of aryl methyl sites for hydroxylation is 2. The Hall–Kier alpha value is -3.80. The van der Waals surface area contributed by atoms with Crippen LogP contribution in [0, 0.1) is 10.1 Å². The van der Waals surface area contributed by atoms with Gasteiger partial charge in [-0.1, -0.05) is 30.3 Å². The smallest absolute Gasteiger partial charge is 0.363 e. The minimum absolute atomic E-state index is 0.0283. The molecule has 0 saturated heterocycles. The molecule has 3 aromatic carbocycles. The normalized spacial score (nSPS) is 16.5. The molecule has 3 aromatic rings. The molecule has 6 nitrogen and oxygen atoms in total. The fraction of sp³-hybridized carbons (Fsp3) is 0.0909. The van der Waals surface area contributed by atoms with Gasteiger partial charge in [-0.2, -0.15) is 0 Å². The second-order valence-electron chi connectivity index (χ2n) is 6.79. The lowest BCUT2D eigenvalue weighted by Crippen LogP contribution is -2.05. The van der Waals surface area contributed by atoms with Crippen LogP contribution in [0.25, 0.3) is 16.8 Å². The Morgan fingerprint density at radius 1 is 1.04 bits per heavy atom. The highest BCUT2D eigenvalue weighted by Crippen LogP contribution is 2.34. The molecular weight excluding hydrogens is 356 g/mol. The largest absolute Gasteiger partial charge is 0.402 e. The summed E-state index contributed by atoms with van der Waals surface area (Å²) < 4.78 is 5.28. The van der Waals surface area contributed by atoms with Crippen molar-refractivity contribution in [3.05, 3.63) is 92.7 Å². The number of cyclic esters (lactones) is 1. The van der Waals surface area contributed by atoms with Crippen molar-refractivity contribution in [1.82, 2.24) is 0 Å². The predicted octanol–water partition coefficient (Wildman–Crippen LogP) is 4.19. The highest BCUT2D eigenvalue weighted by atomic mass is 16.6. The first-order valence-corrected chi connectivity index (χ1v) is 8.91. The quantitative estimate of drug-likeness (QED) is 0.300. The van der Waals surface area contributed by atoms with E-state index in [9.17, 15) is 14.9 Å². The summed E-state index contributed by atoms with van der Waals surface area (Å²) >= 11 is 0. The number of carbonyl (C=O) groups excluding carboxylic acids is 1. The summed E-state index contributed by atoms with van der Waals surface area (Å²) in [6, 6.07) is 16.1. The number of hydrogen-bond acceptors (Lipinski definition) is 5. The van der Waals surface area contributed by atoms with Crippen molar-refractivity contribution < 1.29 is 14.5 Å². The second-order valence-corrected chi connectivity index (χ2v) is 6.79. The minimum atomic E-state index is -0.521. The van der Waals surface area contributed by atoms with Crippen LogP contribution < -0.4 is 0 Å². The van der Waals surface area contributed by atoms with Crippen LogP contribution in [0.3, 0.4) is 0 Å². The number of nitro benzene ring substituents is 1. The Balaban J connectivity index is 1.53. The number of rotatable bonds is 3. The Morgan fingerprint density at radius 2 is 1.86 bits per heavy atom. The van der Waals surface area contributed by atoms with Gasteiger partial charge in [-0.15, -0.1) is 0 Å². The predicted molar refractivity (Wildman–Crippen MR) is 105 cm³/mol. The van der Waals surface area contributed by atoms with Crippen molar-refractivity contribution in [2.45, 2.75) is 12.8 Å². The monoisotopic (exact) mass is 370 g/mol. The van der Waals surface area contributed by atoms with Crippen LogP contribution in [-0.2, 0) is 22.4 Å². The van der Waals surface area contributed by atoms with Crippen LogP contribution in [0.2, 0.25) is 0 Å². The number of ether oxygens (including phenoxy) is 1. The van der Waals surface area contributed by atoms with Gasteiger partial charge in [-0.05, 0) is 58.5 Å². The molecule has 1 aliphatic heterocycles. The molecule has 0 amide bonds. The summed E-state index contributed by atoms with van der Waals surface area (Å²) in [7, 11) is 0. The molecule has 0 unspecified atom stereocenters. The third kappa shape index (κ3) is 2.58. The van der Waals surface area contributed by atoms with E-state index < -0.39 is 10.9 Å². The average molecular weight is 370 g/mol. The first kappa shape index (κ1) is 16.4. The maximum atomic E-state index is 12.3. The Bertz CT molecular complexity index is 1220. The molecule has 2 aliphatic rings. The van der Waals surface area contributed by atoms with Crippen molar-refractivity contribution in [2.75, 3.05) is 0 Å². The first-order chi connectivity index (χ1) is 13.6. The van der Waals surface area contributed by atoms with Gasteiger partial charge < -0.3 is 4.74 Å². The molecule has 0 bridgehead atoms. The van der Waals surface area contributed by atoms with Crippen LogP contribution in [0.5, 0.6) is 0 Å². The summed E-state index contributed by atoms with van der Waals surface area (Å²) in [5.74, 6) is -0.365. The van der Waals surface area contributed by atoms with Gasteiger partial charge in [0.15, 0.2) is 5.70 Å². The summed E-state index contributed by atoms with van der Waals surface area (Å²) in [6.07, 6.45) is 3.69. The molecule has 0 radical (unpaired) electrons. The summed E-state index contributed by atoms with van der Waals surface area (Å²) in [5, 5.41) is 13.3. The van der Waals surface area contributed by atoms with E-state index in [1.807, 2.05) is 6.07 Å². The van der Waals surface area contributed by atoms with Gasteiger partial charge in [0.25, 0.3) is 5.69 Å². The Morgan fingerprint density at radius 3 is 2.64 bits per heavy atom. The molecule has 0 fully saturated rings. The fourth-order valence-electron chi connectivity index (χ4n) is 3.83. The number of carbonyl (C=O) groups is 1. The number of aliphatic imine (C=N–C) groups is 1. The van der Waals surface area contributed by atoms with E-state index in [2.05, 4.69) is 29.3 Å². The van der Waals surface area contributed by atoms with Crippen LogP contribution in [-0.4, -0.2) is 16.8 Å². The molecule has 28 heavy (non-hydrogen) atoms. The lowest BCUT2D eigenvalue weighted by Gasteiger charge is -2.05. The highest BCUT2D eigenvalue weighted by Gasteiger charge is 2.25. The van der Waals surface area contributed by atoms with Crippen molar-refractivity contribution in [3.63, 3.8) is 0 Å².